The maximum Gasteiger partial charge on any atom is 0.208 e. The molecule has 0 fully saturated rings. The molecule has 0 aromatic rings. The molecule has 0 atom stereocenters. The third kappa shape index (κ3) is 4.49. The van der Waals surface area contributed by atoms with Gasteiger partial charge >= 0.3 is 0 Å². The van der Waals surface area contributed by atoms with Crippen molar-refractivity contribution in [3.63, 3.8) is 0 Å². The summed E-state index contributed by atoms with van der Waals surface area (Å²) in [6.45, 7) is 8.17. The van der Waals surface area contributed by atoms with Crippen molar-refractivity contribution in [2.45, 2.75) is 30.6 Å². The first kappa shape index (κ1) is 13.3. The minimum absolute atomic E-state index is 0.382. The topological polar surface area (TPSA) is 9.23 Å². The predicted octanol–water partition coefficient (Wildman–Crippen LogP) is 3.53. The van der Waals surface area contributed by atoms with Crippen LogP contribution in [-0.4, -0.2) is 26.6 Å². The smallest absolute Gasteiger partial charge is 0.208 e. The first-order valence-corrected chi connectivity index (χ1v) is 11.3. The summed E-state index contributed by atoms with van der Waals surface area (Å²) in [6, 6.07) is 0. The number of alkyl halides is 3. The minimum Gasteiger partial charge on any atom is -0.453 e. The van der Waals surface area contributed by atoms with E-state index in [2.05, 4.69) is 13.1 Å². The molecular weight excluding hydrogens is 251 g/mol. The van der Waals surface area contributed by atoms with Crippen molar-refractivity contribution in [3.05, 3.63) is 0 Å². The molecule has 0 aromatic heterocycles. The summed E-state index contributed by atoms with van der Waals surface area (Å²) in [5, 5.41) is 0. The molecule has 0 aliphatic heterocycles. The van der Waals surface area contributed by atoms with Gasteiger partial charge in [-0.15, -0.1) is 34.8 Å². The van der Waals surface area contributed by atoms with Crippen LogP contribution in [0.25, 0.3) is 0 Å². The highest BCUT2D eigenvalue weighted by Gasteiger charge is 2.37. The van der Waals surface area contributed by atoms with Crippen LogP contribution in [0.3, 0.4) is 0 Å². The molecule has 0 heterocycles. The Hall–Kier alpha value is 1.26. The van der Waals surface area contributed by atoms with E-state index >= 15 is 0 Å². The summed E-state index contributed by atoms with van der Waals surface area (Å²) in [7, 11) is -3.65. The van der Waals surface area contributed by atoms with Gasteiger partial charge in [0.05, 0.1) is 0 Å². The van der Waals surface area contributed by atoms with Gasteiger partial charge in [0, 0.05) is 5.50 Å². The van der Waals surface area contributed by atoms with Gasteiger partial charge in [-0.25, -0.2) is 0 Å². The minimum atomic E-state index is -1.93. The number of halogens is 3. The lowest BCUT2D eigenvalue weighted by atomic mass is 11.8. The Morgan fingerprint density at radius 1 is 1.17 bits per heavy atom. The monoisotopic (exact) mass is 264 g/mol. The van der Waals surface area contributed by atoms with Gasteiger partial charge in [0.25, 0.3) is 0 Å². The summed E-state index contributed by atoms with van der Waals surface area (Å²) in [5.41, 5.74) is 0.587. The molecule has 1 nitrogen and oxygen atoms in total. The van der Waals surface area contributed by atoms with E-state index in [0.29, 0.717) is 5.50 Å². The summed E-state index contributed by atoms with van der Waals surface area (Å²) in [5.74, 6) is 0. The van der Waals surface area contributed by atoms with Gasteiger partial charge < -0.3 is 4.12 Å². The summed E-state index contributed by atoms with van der Waals surface area (Å²) < 4.78 is 5.54. The normalized spacial score (nSPS) is 14.0. The van der Waals surface area contributed by atoms with Crippen LogP contribution in [0.5, 0.6) is 0 Å². The SMILES string of the molecule is C[Si](C)(CCl)O[Si](C)(C)C(Cl)Cl. The molecule has 0 unspecified atom stereocenters. The lowest BCUT2D eigenvalue weighted by molar-refractivity contribution is 0.552. The molecule has 0 saturated heterocycles. The summed E-state index contributed by atoms with van der Waals surface area (Å²) >= 11 is 17.4. The zero-order chi connectivity index (χ0) is 9.99. The summed E-state index contributed by atoms with van der Waals surface area (Å²) in [6.07, 6.45) is 0. The van der Waals surface area contributed by atoms with Crippen molar-refractivity contribution < 1.29 is 4.12 Å². The van der Waals surface area contributed by atoms with Crippen LogP contribution in [-0.2, 0) is 4.12 Å². The zero-order valence-corrected chi connectivity index (χ0v) is 12.1. The molecule has 74 valence electrons. The zero-order valence-electron chi connectivity index (χ0n) is 7.83. The summed E-state index contributed by atoms with van der Waals surface area (Å²) in [4.78, 5) is 0. The van der Waals surface area contributed by atoms with Crippen LogP contribution in [0, 0.1) is 0 Å². The van der Waals surface area contributed by atoms with Crippen LogP contribution in [0.4, 0.5) is 0 Å². The maximum absolute atomic E-state index is 5.92. The first-order chi connectivity index (χ1) is 5.21. The molecule has 0 aromatic carbocycles. The van der Waals surface area contributed by atoms with Crippen LogP contribution in [0.1, 0.15) is 0 Å². The Kier molecular flexibility index (Phi) is 5.16. The maximum atomic E-state index is 5.92. The highest BCUT2D eigenvalue weighted by Crippen LogP contribution is 2.24. The van der Waals surface area contributed by atoms with Gasteiger partial charge in [0.2, 0.25) is 8.32 Å². The molecule has 6 heteroatoms. The van der Waals surface area contributed by atoms with Crippen LogP contribution >= 0.6 is 34.8 Å². The fourth-order valence-corrected chi connectivity index (χ4v) is 8.35. The van der Waals surface area contributed by atoms with Crippen molar-refractivity contribution in [1.29, 1.82) is 0 Å². The molecule has 0 radical (unpaired) electrons. The van der Waals surface area contributed by atoms with Gasteiger partial charge in [-0.2, -0.15) is 0 Å². The van der Waals surface area contributed by atoms with Gasteiger partial charge in [0.15, 0.2) is 8.32 Å². The molecular formula is C6H15Cl3OSi2. The number of hydrogen-bond donors (Lipinski definition) is 0. The number of hydrogen-bond acceptors (Lipinski definition) is 1. The molecule has 0 bridgehead atoms. The molecule has 0 N–H and O–H groups in total. The third-order valence-corrected chi connectivity index (χ3v) is 12.5. The van der Waals surface area contributed by atoms with Gasteiger partial charge in [-0.05, 0) is 26.2 Å². The highest BCUT2D eigenvalue weighted by atomic mass is 35.5. The van der Waals surface area contributed by atoms with E-state index in [0.717, 1.165) is 0 Å². The van der Waals surface area contributed by atoms with E-state index in [4.69, 9.17) is 38.9 Å². The van der Waals surface area contributed by atoms with E-state index in [-0.39, 0.29) is 4.46 Å². The quantitative estimate of drug-likeness (QED) is 0.558. The second-order valence-electron chi connectivity index (χ2n) is 3.90. The molecule has 0 aliphatic rings. The van der Waals surface area contributed by atoms with Crippen LogP contribution < -0.4 is 0 Å². The predicted molar refractivity (Wildman–Crippen MR) is 62.3 cm³/mol. The Balaban J connectivity index is 4.23. The lowest BCUT2D eigenvalue weighted by Gasteiger charge is -2.33. The molecule has 0 saturated carbocycles. The van der Waals surface area contributed by atoms with Crippen LogP contribution in [0.15, 0.2) is 0 Å². The molecule has 0 amide bonds. The highest BCUT2D eigenvalue weighted by molar-refractivity contribution is 6.95. The van der Waals surface area contributed by atoms with E-state index in [1.807, 2.05) is 13.1 Å². The number of rotatable bonds is 4. The Bertz CT molecular complexity index is 150. The fourth-order valence-electron chi connectivity index (χ4n) is 0.784. The van der Waals surface area contributed by atoms with E-state index in [1.54, 1.807) is 0 Å². The Morgan fingerprint density at radius 2 is 1.58 bits per heavy atom. The third-order valence-electron chi connectivity index (χ3n) is 1.39. The van der Waals surface area contributed by atoms with Crippen molar-refractivity contribution in [1.82, 2.24) is 0 Å². The second kappa shape index (κ2) is 4.66. The van der Waals surface area contributed by atoms with Crippen molar-refractivity contribution >= 4 is 51.4 Å². The Labute approximate surface area is 91.6 Å². The second-order valence-corrected chi connectivity index (χ2v) is 14.9. The van der Waals surface area contributed by atoms with E-state index in [1.165, 1.54) is 0 Å². The fraction of sp³-hybridized carbons (Fsp3) is 1.00. The van der Waals surface area contributed by atoms with Crippen molar-refractivity contribution in [2.75, 3.05) is 5.50 Å². The Morgan fingerprint density at radius 3 is 1.83 bits per heavy atom. The lowest BCUT2D eigenvalue weighted by Crippen LogP contribution is -2.50. The molecule has 0 rings (SSSR count). The van der Waals surface area contributed by atoms with E-state index < -0.39 is 16.6 Å². The van der Waals surface area contributed by atoms with Crippen molar-refractivity contribution in [2.24, 2.45) is 0 Å². The molecule has 12 heavy (non-hydrogen) atoms. The first-order valence-electron chi connectivity index (χ1n) is 3.75. The molecule has 0 aliphatic carbocycles. The van der Waals surface area contributed by atoms with Gasteiger partial charge in [-0.1, -0.05) is 0 Å². The van der Waals surface area contributed by atoms with Crippen LogP contribution in [0.2, 0.25) is 26.2 Å². The molecule has 0 spiro atoms. The van der Waals surface area contributed by atoms with Crippen molar-refractivity contribution in [3.8, 4) is 0 Å². The largest absolute Gasteiger partial charge is 0.453 e. The average Bonchev–Trinajstić information content (AvgIpc) is 1.85. The standard InChI is InChI=1S/C6H15Cl3OSi2/c1-11(2,5-7)10-12(3,4)6(8)9/h6H,5H2,1-4H3. The van der Waals surface area contributed by atoms with Gasteiger partial charge in [-0.3, -0.25) is 0 Å². The van der Waals surface area contributed by atoms with E-state index in [9.17, 15) is 0 Å². The average molecular weight is 266 g/mol. The van der Waals surface area contributed by atoms with Gasteiger partial charge in [0.1, 0.15) is 4.46 Å².